The lowest BCUT2D eigenvalue weighted by molar-refractivity contribution is 0.182. The lowest BCUT2D eigenvalue weighted by Gasteiger charge is -2.16. The minimum Gasteiger partial charge on any atom is -0.393 e. The molecule has 1 aliphatic carbocycles. The van der Waals surface area contributed by atoms with Crippen molar-refractivity contribution in [1.82, 2.24) is 15.0 Å². The van der Waals surface area contributed by atoms with Crippen LogP contribution in [0.25, 0.3) is 11.0 Å². The summed E-state index contributed by atoms with van der Waals surface area (Å²) >= 11 is 3.45. The van der Waals surface area contributed by atoms with Crippen molar-refractivity contribution >= 4 is 38.6 Å². The quantitative estimate of drug-likeness (QED) is 0.784. The van der Waals surface area contributed by atoms with Gasteiger partial charge in [0.15, 0.2) is 5.82 Å². The molecule has 6 nitrogen and oxygen atoms in total. The second-order valence-corrected chi connectivity index (χ2v) is 6.22. The van der Waals surface area contributed by atoms with Crippen LogP contribution in [0.1, 0.15) is 31.9 Å². The highest BCUT2D eigenvalue weighted by molar-refractivity contribution is 9.10. The number of pyridine rings is 1. The molecule has 0 radical (unpaired) electrons. The second-order valence-electron chi connectivity index (χ2n) is 5.37. The van der Waals surface area contributed by atoms with E-state index in [0.29, 0.717) is 16.9 Å². The van der Waals surface area contributed by atoms with Crippen LogP contribution < -0.4 is 11.1 Å². The molecule has 2 aromatic heterocycles. The normalized spacial score (nSPS) is 21.9. The smallest absolute Gasteiger partial charge is 0.151 e. The summed E-state index contributed by atoms with van der Waals surface area (Å²) < 4.78 is 0.774. The first-order valence-corrected chi connectivity index (χ1v) is 7.93. The molecule has 0 amide bonds. The van der Waals surface area contributed by atoms with E-state index in [9.17, 15) is 5.11 Å². The number of hydrogen-bond acceptors (Lipinski definition) is 6. The van der Waals surface area contributed by atoms with Crippen molar-refractivity contribution in [2.45, 2.75) is 44.8 Å². The van der Waals surface area contributed by atoms with Crippen molar-refractivity contribution in [2.24, 2.45) is 0 Å². The van der Waals surface area contributed by atoms with E-state index in [1.165, 1.54) is 0 Å². The van der Waals surface area contributed by atoms with Gasteiger partial charge in [-0.1, -0.05) is 6.92 Å². The van der Waals surface area contributed by atoms with E-state index >= 15 is 0 Å². The van der Waals surface area contributed by atoms with Crippen LogP contribution in [-0.4, -0.2) is 32.2 Å². The molecule has 4 N–H and O–H groups in total. The van der Waals surface area contributed by atoms with Crippen LogP contribution >= 0.6 is 15.9 Å². The largest absolute Gasteiger partial charge is 0.393 e. The van der Waals surface area contributed by atoms with Gasteiger partial charge in [0, 0.05) is 12.2 Å². The highest BCUT2D eigenvalue weighted by Gasteiger charge is 2.24. The zero-order valence-corrected chi connectivity index (χ0v) is 13.4. The molecule has 1 aliphatic rings. The standard InChI is InChI=1S/C14H18BrN5O/c1-2-10-14(18-7-3-4-8(21)5-7)20-11-9(15)6-17-13(16)12(11)19-10/h6-8,21H,2-5H2,1H3,(H2,16,17)(H,18,20)/t7-,8+/m1/s1. The van der Waals surface area contributed by atoms with E-state index < -0.39 is 0 Å². The van der Waals surface area contributed by atoms with Crippen LogP contribution in [0.3, 0.4) is 0 Å². The maximum Gasteiger partial charge on any atom is 0.151 e. The predicted octanol–water partition coefficient (Wildman–Crippen LogP) is 2.26. The maximum atomic E-state index is 9.65. The van der Waals surface area contributed by atoms with Crippen molar-refractivity contribution in [3.8, 4) is 0 Å². The summed E-state index contributed by atoms with van der Waals surface area (Å²) in [5.41, 5.74) is 8.10. The zero-order chi connectivity index (χ0) is 15.0. The molecule has 1 fully saturated rings. The Labute approximate surface area is 131 Å². The highest BCUT2D eigenvalue weighted by Crippen LogP contribution is 2.29. The van der Waals surface area contributed by atoms with E-state index in [1.54, 1.807) is 6.20 Å². The van der Waals surface area contributed by atoms with Crippen LogP contribution in [0, 0.1) is 0 Å². The number of anilines is 2. The summed E-state index contributed by atoms with van der Waals surface area (Å²) in [7, 11) is 0. The van der Waals surface area contributed by atoms with Gasteiger partial charge >= 0.3 is 0 Å². The summed E-state index contributed by atoms with van der Waals surface area (Å²) in [6.07, 6.45) is 4.72. The average Bonchev–Trinajstić information content (AvgIpc) is 2.88. The molecule has 7 heteroatoms. The Morgan fingerprint density at radius 1 is 1.38 bits per heavy atom. The van der Waals surface area contributed by atoms with Crippen LogP contribution in [0.4, 0.5) is 11.6 Å². The first kappa shape index (κ1) is 14.5. The second kappa shape index (κ2) is 5.73. The summed E-state index contributed by atoms with van der Waals surface area (Å²) in [6, 6.07) is 0.245. The van der Waals surface area contributed by atoms with E-state index in [4.69, 9.17) is 5.73 Å². The molecule has 0 saturated heterocycles. The van der Waals surface area contributed by atoms with Crippen molar-refractivity contribution < 1.29 is 5.11 Å². The molecule has 2 atom stereocenters. The topological polar surface area (TPSA) is 97.0 Å². The van der Waals surface area contributed by atoms with Crippen molar-refractivity contribution in [2.75, 3.05) is 11.1 Å². The number of aliphatic hydroxyl groups is 1. The minimum atomic E-state index is -0.215. The Morgan fingerprint density at radius 2 is 2.19 bits per heavy atom. The van der Waals surface area contributed by atoms with Gasteiger partial charge in [-0.25, -0.2) is 15.0 Å². The van der Waals surface area contributed by atoms with E-state index in [0.717, 1.165) is 41.7 Å². The van der Waals surface area contributed by atoms with E-state index in [2.05, 4.69) is 36.2 Å². The number of nitrogen functional groups attached to an aromatic ring is 1. The van der Waals surface area contributed by atoms with Gasteiger partial charge in [0.25, 0.3) is 0 Å². The van der Waals surface area contributed by atoms with Gasteiger partial charge in [-0.15, -0.1) is 0 Å². The zero-order valence-electron chi connectivity index (χ0n) is 11.8. The number of aliphatic hydroxyl groups excluding tert-OH is 1. The molecule has 0 aliphatic heterocycles. The van der Waals surface area contributed by atoms with Crippen LogP contribution in [0.2, 0.25) is 0 Å². The first-order valence-electron chi connectivity index (χ1n) is 7.13. The Kier molecular flexibility index (Phi) is 3.95. The number of rotatable bonds is 3. The van der Waals surface area contributed by atoms with Gasteiger partial charge in [0.05, 0.1) is 16.3 Å². The molecule has 0 bridgehead atoms. The Bertz CT molecular complexity index is 678. The van der Waals surface area contributed by atoms with Gasteiger partial charge < -0.3 is 16.2 Å². The molecule has 3 rings (SSSR count). The van der Waals surface area contributed by atoms with Gasteiger partial charge in [0.1, 0.15) is 16.9 Å². The van der Waals surface area contributed by atoms with Crippen molar-refractivity contribution in [1.29, 1.82) is 0 Å². The molecule has 21 heavy (non-hydrogen) atoms. The molecule has 2 heterocycles. The van der Waals surface area contributed by atoms with Gasteiger partial charge in [-0.05, 0) is 41.6 Å². The Morgan fingerprint density at radius 3 is 2.86 bits per heavy atom. The van der Waals surface area contributed by atoms with Crippen molar-refractivity contribution in [3.05, 3.63) is 16.4 Å². The average molecular weight is 352 g/mol. The van der Waals surface area contributed by atoms with Crippen LogP contribution in [0.15, 0.2) is 10.7 Å². The number of halogens is 1. The predicted molar refractivity (Wildman–Crippen MR) is 86.1 cm³/mol. The molecule has 0 unspecified atom stereocenters. The number of nitrogens with zero attached hydrogens (tertiary/aromatic N) is 3. The van der Waals surface area contributed by atoms with Gasteiger partial charge in [0.2, 0.25) is 0 Å². The first-order chi connectivity index (χ1) is 10.1. The number of aromatic nitrogens is 3. The fourth-order valence-electron chi connectivity index (χ4n) is 2.71. The Hall–Kier alpha value is -1.47. The van der Waals surface area contributed by atoms with E-state index in [-0.39, 0.29) is 12.1 Å². The van der Waals surface area contributed by atoms with Gasteiger partial charge in [-0.3, -0.25) is 0 Å². The molecular weight excluding hydrogens is 334 g/mol. The van der Waals surface area contributed by atoms with Gasteiger partial charge in [-0.2, -0.15) is 0 Å². The number of fused-ring (bicyclic) bond motifs is 1. The molecular formula is C14H18BrN5O. The summed E-state index contributed by atoms with van der Waals surface area (Å²) in [6.45, 7) is 2.03. The molecule has 112 valence electrons. The van der Waals surface area contributed by atoms with E-state index in [1.807, 2.05) is 6.92 Å². The number of hydrogen-bond donors (Lipinski definition) is 3. The highest BCUT2D eigenvalue weighted by atomic mass is 79.9. The molecule has 0 aromatic carbocycles. The summed E-state index contributed by atoms with van der Waals surface area (Å²) in [5.74, 6) is 1.16. The lowest BCUT2D eigenvalue weighted by atomic mass is 10.2. The number of nitrogens with two attached hydrogens (primary N) is 1. The summed E-state index contributed by atoms with van der Waals surface area (Å²) in [5, 5.41) is 13.1. The van der Waals surface area contributed by atoms with Crippen molar-refractivity contribution in [3.63, 3.8) is 0 Å². The molecule has 2 aromatic rings. The number of aryl methyl sites for hydroxylation is 1. The third kappa shape index (κ3) is 2.80. The SMILES string of the molecule is CCc1nc2c(N)ncc(Br)c2nc1N[C@@H]1CC[C@H](O)C1. The fraction of sp³-hybridized carbons (Fsp3) is 0.500. The third-order valence-corrected chi connectivity index (χ3v) is 4.41. The lowest BCUT2D eigenvalue weighted by Crippen LogP contribution is -2.19. The number of nitrogens with one attached hydrogen (secondary N) is 1. The third-order valence-electron chi connectivity index (χ3n) is 3.83. The molecule has 1 saturated carbocycles. The maximum absolute atomic E-state index is 9.65. The molecule has 0 spiro atoms. The summed E-state index contributed by atoms with van der Waals surface area (Å²) in [4.78, 5) is 13.4. The van der Waals surface area contributed by atoms with Crippen LogP contribution in [0.5, 0.6) is 0 Å². The monoisotopic (exact) mass is 351 g/mol. The van der Waals surface area contributed by atoms with Crippen LogP contribution in [-0.2, 0) is 6.42 Å². The Balaban J connectivity index is 2.02. The minimum absolute atomic E-state index is 0.215. The fourth-order valence-corrected chi connectivity index (χ4v) is 3.09.